The lowest BCUT2D eigenvalue weighted by molar-refractivity contribution is -0.158. The van der Waals surface area contributed by atoms with Gasteiger partial charge in [0.05, 0.1) is 26.2 Å². The number of likely N-dealkylation sites (tertiary alicyclic amines) is 2. The van der Waals surface area contributed by atoms with Crippen molar-refractivity contribution in [3.8, 4) is 0 Å². The van der Waals surface area contributed by atoms with Gasteiger partial charge in [0.1, 0.15) is 5.60 Å². The lowest BCUT2D eigenvalue weighted by Crippen LogP contribution is -2.48. The van der Waals surface area contributed by atoms with Crippen molar-refractivity contribution in [2.45, 2.75) is 77.6 Å². The molecule has 1 aromatic carbocycles. The Labute approximate surface area is 253 Å². The number of benzene rings is 1. The highest BCUT2D eigenvalue weighted by Gasteiger charge is 2.35. The molecule has 0 bridgehead atoms. The topological polar surface area (TPSA) is 135 Å². The zero-order valence-corrected chi connectivity index (χ0v) is 25.7. The molecule has 0 radical (unpaired) electrons. The molecule has 0 aliphatic carbocycles. The van der Waals surface area contributed by atoms with Crippen molar-refractivity contribution in [2.75, 3.05) is 39.8 Å². The van der Waals surface area contributed by atoms with E-state index in [0.29, 0.717) is 51.2 Å². The number of esters is 1. The van der Waals surface area contributed by atoms with Crippen molar-refractivity contribution in [2.24, 2.45) is 16.9 Å². The number of hydrogen-bond acceptors (Lipinski definition) is 9. The second-order valence-electron chi connectivity index (χ2n) is 12.0. The Balaban J connectivity index is 1.51. The summed E-state index contributed by atoms with van der Waals surface area (Å²) in [6, 6.07) is 9.20. The zero-order valence-electron chi connectivity index (χ0n) is 25.7. The Bertz CT molecular complexity index is 1140. The summed E-state index contributed by atoms with van der Waals surface area (Å²) < 4.78 is 16.0. The van der Waals surface area contributed by atoms with E-state index in [1.807, 2.05) is 51.1 Å². The van der Waals surface area contributed by atoms with E-state index >= 15 is 0 Å². The molecule has 2 fully saturated rings. The van der Waals surface area contributed by atoms with Gasteiger partial charge in [-0.1, -0.05) is 35.4 Å². The number of ether oxygens (including phenoxy) is 3. The molecule has 2 atom stereocenters. The predicted molar refractivity (Wildman–Crippen MR) is 156 cm³/mol. The first kappa shape index (κ1) is 33.7. The zero-order chi connectivity index (χ0) is 31.4. The van der Waals surface area contributed by atoms with Gasteiger partial charge in [0.25, 0.3) is 6.08 Å². The molecule has 3 amide bonds. The summed E-state index contributed by atoms with van der Waals surface area (Å²) in [5.41, 5.74) is 0.285. The molecule has 3 rings (SSSR count). The van der Waals surface area contributed by atoms with Crippen LogP contribution in [0.5, 0.6) is 0 Å². The summed E-state index contributed by atoms with van der Waals surface area (Å²) in [6.45, 7) is 7.25. The van der Waals surface area contributed by atoms with Crippen LogP contribution in [0.15, 0.2) is 35.4 Å². The lowest BCUT2D eigenvalue weighted by Gasteiger charge is -2.35. The van der Waals surface area contributed by atoms with Crippen LogP contribution in [0.2, 0.25) is 0 Å². The number of methoxy groups -OCH3 is 1. The molecule has 0 unspecified atom stereocenters. The van der Waals surface area contributed by atoms with Crippen LogP contribution in [0, 0.1) is 11.8 Å². The second kappa shape index (κ2) is 16.2. The summed E-state index contributed by atoms with van der Waals surface area (Å²) in [7, 11) is 1.21. The number of carbonyl (C=O) groups is 4. The van der Waals surface area contributed by atoms with Gasteiger partial charge in [0.2, 0.25) is 11.8 Å². The highest BCUT2D eigenvalue weighted by molar-refractivity contribution is 5.82. The molecule has 12 heteroatoms. The fourth-order valence-electron chi connectivity index (χ4n) is 5.32. The average molecular weight is 601 g/mol. The number of hydrogen-bond donors (Lipinski definition) is 0. The summed E-state index contributed by atoms with van der Waals surface area (Å²) in [6.07, 6.45) is 3.73. The van der Waals surface area contributed by atoms with E-state index in [-0.39, 0.29) is 31.7 Å². The molecule has 0 aromatic heterocycles. The molecule has 2 saturated heterocycles. The SMILES string of the molecule is COC(=O)[C@H](CN(N=C=O)C(=O)[C@@H]1CCCN(C(=O)CCC2CCN(C(=O)OC(C)(C)C)CC2)C1)OCc1ccccc1. The quantitative estimate of drug-likeness (QED) is 0.163. The van der Waals surface area contributed by atoms with E-state index in [9.17, 15) is 24.0 Å². The number of amides is 3. The van der Waals surface area contributed by atoms with Crippen LogP contribution < -0.4 is 0 Å². The van der Waals surface area contributed by atoms with Crippen molar-refractivity contribution >= 4 is 30.0 Å². The van der Waals surface area contributed by atoms with Crippen molar-refractivity contribution in [1.29, 1.82) is 0 Å². The van der Waals surface area contributed by atoms with Crippen molar-refractivity contribution < 1.29 is 38.2 Å². The minimum absolute atomic E-state index is 0.0313. The molecule has 2 aliphatic heterocycles. The van der Waals surface area contributed by atoms with Gasteiger partial charge < -0.3 is 24.0 Å². The fraction of sp³-hybridized carbons (Fsp3) is 0.645. The van der Waals surface area contributed by atoms with Crippen LogP contribution in [0.25, 0.3) is 0 Å². The van der Waals surface area contributed by atoms with E-state index in [1.165, 1.54) is 13.2 Å². The fourth-order valence-corrected chi connectivity index (χ4v) is 5.32. The summed E-state index contributed by atoms with van der Waals surface area (Å²) in [4.78, 5) is 65.9. The largest absolute Gasteiger partial charge is 0.467 e. The van der Waals surface area contributed by atoms with Crippen LogP contribution in [0.1, 0.15) is 64.9 Å². The monoisotopic (exact) mass is 600 g/mol. The Hall–Kier alpha value is -3.76. The Morgan fingerprint density at radius 2 is 1.74 bits per heavy atom. The Kier molecular flexibility index (Phi) is 12.7. The molecule has 0 saturated carbocycles. The Morgan fingerprint density at radius 1 is 1.05 bits per heavy atom. The summed E-state index contributed by atoms with van der Waals surface area (Å²) >= 11 is 0. The smallest absolute Gasteiger partial charge is 0.410 e. The van der Waals surface area contributed by atoms with E-state index in [1.54, 1.807) is 9.80 Å². The standard InChI is InChI=1S/C31H44N4O8/c1-31(2,3)43-30(40)33-17-14-23(15-18-33)12-13-27(37)34-16-8-11-25(19-34)28(38)35(32-22-36)20-26(29(39)41-4)42-21-24-9-6-5-7-10-24/h5-7,9-10,23,25-26H,8,11-21H2,1-4H3/t25-,26+/m1/s1. The van der Waals surface area contributed by atoms with Crippen LogP contribution in [0.3, 0.4) is 0 Å². The first-order valence-corrected chi connectivity index (χ1v) is 14.9. The third kappa shape index (κ3) is 10.8. The third-order valence-electron chi connectivity index (χ3n) is 7.67. The molecule has 236 valence electrons. The summed E-state index contributed by atoms with van der Waals surface area (Å²) in [5.74, 6) is -1.47. The molecular weight excluding hydrogens is 556 g/mol. The van der Waals surface area contributed by atoms with Gasteiger partial charge in [-0.2, -0.15) is 0 Å². The number of piperidine rings is 2. The van der Waals surface area contributed by atoms with Gasteiger partial charge in [0.15, 0.2) is 6.10 Å². The third-order valence-corrected chi connectivity index (χ3v) is 7.67. The molecule has 0 spiro atoms. The van der Waals surface area contributed by atoms with E-state index < -0.39 is 29.5 Å². The molecule has 1 aromatic rings. The number of isocyanates is 1. The highest BCUT2D eigenvalue weighted by Crippen LogP contribution is 2.26. The maximum atomic E-state index is 13.4. The minimum atomic E-state index is -1.17. The van der Waals surface area contributed by atoms with Crippen LogP contribution in [-0.2, 0) is 40.0 Å². The van der Waals surface area contributed by atoms with E-state index in [2.05, 4.69) is 5.10 Å². The first-order valence-electron chi connectivity index (χ1n) is 14.9. The van der Waals surface area contributed by atoms with E-state index in [4.69, 9.17) is 14.2 Å². The molecule has 43 heavy (non-hydrogen) atoms. The van der Waals surface area contributed by atoms with Crippen LogP contribution in [-0.4, -0.2) is 96.3 Å². The normalized spacial score (nSPS) is 18.3. The van der Waals surface area contributed by atoms with Gasteiger partial charge in [-0.15, -0.1) is 0 Å². The van der Waals surface area contributed by atoms with Crippen molar-refractivity contribution in [3.63, 3.8) is 0 Å². The van der Waals surface area contributed by atoms with Crippen LogP contribution in [0.4, 0.5) is 4.79 Å². The maximum Gasteiger partial charge on any atom is 0.410 e. The van der Waals surface area contributed by atoms with Gasteiger partial charge in [-0.3, -0.25) is 9.59 Å². The van der Waals surface area contributed by atoms with Gasteiger partial charge in [-0.25, -0.2) is 19.4 Å². The number of hydrazone groups is 1. The number of nitrogens with zero attached hydrogens (tertiary/aromatic N) is 4. The molecular formula is C31H44N4O8. The van der Waals surface area contributed by atoms with Crippen molar-refractivity contribution in [3.05, 3.63) is 35.9 Å². The molecule has 0 N–H and O–H groups in total. The van der Waals surface area contributed by atoms with Gasteiger partial charge in [-0.05, 0) is 64.4 Å². The molecule has 12 nitrogen and oxygen atoms in total. The number of carbonyl (C=O) groups excluding carboxylic acids is 5. The van der Waals surface area contributed by atoms with Gasteiger partial charge >= 0.3 is 12.1 Å². The number of rotatable bonds is 11. The highest BCUT2D eigenvalue weighted by atomic mass is 16.6. The first-order chi connectivity index (χ1) is 20.5. The Morgan fingerprint density at radius 3 is 2.37 bits per heavy atom. The lowest BCUT2D eigenvalue weighted by atomic mass is 9.91. The predicted octanol–water partition coefficient (Wildman–Crippen LogP) is 3.49. The molecule has 2 aliphatic rings. The van der Waals surface area contributed by atoms with Gasteiger partial charge in [0, 0.05) is 32.6 Å². The maximum absolute atomic E-state index is 13.4. The van der Waals surface area contributed by atoms with Crippen LogP contribution >= 0.6 is 0 Å². The molecule has 2 heterocycles. The summed E-state index contributed by atoms with van der Waals surface area (Å²) in [5, 5.41) is 4.47. The minimum Gasteiger partial charge on any atom is -0.467 e. The van der Waals surface area contributed by atoms with E-state index in [0.717, 1.165) is 23.4 Å². The average Bonchev–Trinajstić information content (AvgIpc) is 3.00. The van der Waals surface area contributed by atoms with Crippen molar-refractivity contribution in [1.82, 2.24) is 14.8 Å². The second-order valence-corrected chi connectivity index (χ2v) is 12.0.